The van der Waals surface area contributed by atoms with Crippen LogP contribution in [-0.2, 0) is 9.53 Å². The minimum atomic E-state index is -0.677. The van der Waals surface area contributed by atoms with Crippen molar-refractivity contribution >= 4 is 5.91 Å². The number of nitrogens with one attached hydrogen (secondary N) is 1. The molecule has 1 amide bonds. The van der Waals surface area contributed by atoms with E-state index in [9.17, 15) is 9.90 Å². The Kier molecular flexibility index (Phi) is 5.85. The summed E-state index contributed by atoms with van der Waals surface area (Å²) in [6, 6.07) is 0. The molecule has 0 aromatic carbocycles. The fraction of sp³-hybridized carbons (Fsp3) is 0.938. The Morgan fingerprint density at radius 3 is 2.70 bits per heavy atom. The van der Waals surface area contributed by atoms with Crippen molar-refractivity contribution in [2.45, 2.75) is 76.4 Å². The highest BCUT2D eigenvalue weighted by molar-refractivity contribution is 5.75. The Labute approximate surface area is 122 Å². The summed E-state index contributed by atoms with van der Waals surface area (Å²) in [6.07, 6.45) is 8.74. The minimum absolute atomic E-state index is 0.0474. The lowest BCUT2D eigenvalue weighted by Crippen LogP contribution is -2.45. The molecule has 1 aliphatic heterocycles. The second-order valence-electron chi connectivity index (χ2n) is 6.71. The highest BCUT2D eigenvalue weighted by Crippen LogP contribution is 2.31. The van der Waals surface area contributed by atoms with E-state index >= 15 is 0 Å². The molecule has 1 unspecified atom stereocenters. The molecule has 0 spiro atoms. The average Bonchev–Trinajstić information content (AvgIpc) is 2.48. The Hall–Kier alpha value is -0.610. The van der Waals surface area contributed by atoms with Crippen LogP contribution in [-0.4, -0.2) is 35.9 Å². The first-order chi connectivity index (χ1) is 9.57. The van der Waals surface area contributed by atoms with Crippen LogP contribution in [0.2, 0.25) is 0 Å². The molecule has 0 aromatic rings. The van der Waals surface area contributed by atoms with Crippen molar-refractivity contribution in [3.05, 3.63) is 0 Å². The molecular weight excluding hydrogens is 254 g/mol. The van der Waals surface area contributed by atoms with E-state index in [1.807, 2.05) is 0 Å². The number of aliphatic hydroxyl groups is 1. The Morgan fingerprint density at radius 2 is 2.05 bits per heavy atom. The minimum Gasteiger partial charge on any atom is -0.388 e. The molecule has 0 bridgehead atoms. The lowest BCUT2D eigenvalue weighted by Gasteiger charge is -2.35. The van der Waals surface area contributed by atoms with E-state index in [0.717, 1.165) is 51.6 Å². The molecule has 20 heavy (non-hydrogen) atoms. The molecule has 116 valence electrons. The van der Waals surface area contributed by atoms with Gasteiger partial charge in [0.15, 0.2) is 0 Å². The van der Waals surface area contributed by atoms with Crippen LogP contribution in [0.25, 0.3) is 0 Å². The monoisotopic (exact) mass is 283 g/mol. The molecule has 0 aromatic heterocycles. The summed E-state index contributed by atoms with van der Waals surface area (Å²) in [4.78, 5) is 11.9. The first-order valence-electron chi connectivity index (χ1n) is 8.18. The zero-order valence-corrected chi connectivity index (χ0v) is 12.7. The van der Waals surface area contributed by atoms with Crippen molar-refractivity contribution < 1.29 is 14.6 Å². The van der Waals surface area contributed by atoms with Gasteiger partial charge in [0.2, 0.25) is 5.91 Å². The Balaban J connectivity index is 1.62. The van der Waals surface area contributed by atoms with Crippen LogP contribution >= 0.6 is 0 Å². The number of hydrogen-bond donors (Lipinski definition) is 2. The maximum absolute atomic E-state index is 11.9. The van der Waals surface area contributed by atoms with Gasteiger partial charge in [0.25, 0.3) is 0 Å². The summed E-state index contributed by atoms with van der Waals surface area (Å²) in [5, 5.41) is 13.3. The second kappa shape index (κ2) is 7.41. The number of hydrogen-bond acceptors (Lipinski definition) is 3. The third kappa shape index (κ3) is 5.06. The molecule has 1 saturated heterocycles. The fourth-order valence-corrected chi connectivity index (χ4v) is 3.15. The quantitative estimate of drug-likeness (QED) is 0.814. The van der Waals surface area contributed by atoms with Gasteiger partial charge < -0.3 is 15.2 Å². The van der Waals surface area contributed by atoms with Crippen LogP contribution in [0.4, 0.5) is 0 Å². The number of carbonyl (C=O) groups excluding carboxylic acids is 1. The van der Waals surface area contributed by atoms with E-state index in [0.29, 0.717) is 18.9 Å². The molecule has 1 aliphatic carbocycles. The van der Waals surface area contributed by atoms with Crippen LogP contribution in [0.1, 0.15) is 64.7 Å². The summed E-state index contributed by atoms with van der Waals surface area (Å²) >= 11 is 0. The highest BCUT2D eigenvalue weighted by Gasteiger charge is 2.32. The molecule has 2 fully saturated rings. The van der Waals surface area contributed by atoms with E-state index < -0.39 is 5.60 Å². The van der Waals surface area contributed by atoms with Crippen molar-refractivity contribution in [2.24, 2.45) is 5.92 Å². The zero-order valence-electron chi connectivity index (χ0n) is 12.7. The van der Waals surface area contributed by atoms with E-state index in [4.69, 9.17) is 4.74 Å². The summed E-state index contributed by atoms with van der Waals surface area (Å²) in [5.74, 6) is 0.751. The van der Waals surface area contributed by atoms with Crippen molar-refractivity contribution in [1.29, 1.82) is 0 Å². The normalized spacial score (nSPS) is 34.7. The fourth-order valence-electron chi connectivity index (χ4n) is 3.15. The molecule has 2 rings (SSSR count). The highest BCUT2D eigenvalue weighted by atomic mass is 16.5. The third-order valence-corrected chi connectivity index (χ3v) is 4.79. The standard InChI is InChI=1S/C16H29NO3/c1-13-7-9-16(19,10-8-13)12-17-15(18)6-5-14-4-2-3-11-20-14/h13-14,19H,2-12H2,1H3,(H,17,18). The van der Waals surface area contributed by atoms with Gasteiger partial charge >= 0.3 is 0 Å². The maximum Gasteiger partial charge on any atom is 0.220 e. The van der Waals surface area contributed by atoms with E-state index in [1.54, 1.807) is 0 Å². The average molecular weight is 283 g/mol. The van der Waals surface area contributed by atoms with Gasteiger partial charge in [-0.1, -0.05) is 6.92 Å². The predicted molar refractivity (Wildman–Crippen MR) is 78.4 cm³/mol. The lowest BCUT2D eigenvalue weighted by atomic mass is 9.79. The molecular formula is C16H29NO3. The van der Waals surface area contributed by atoms with Crippen molar-refractivity contribution in [3.8, 4) is 0 Å². The van der Waals surface area contributed by atoms with Crippen LogP contribution < -0.4 is 5.32 Å². The van der Waals surface area contributed by atoms with Crippen LogP contribution in [0, 0.1) is 5.92 Å². The smallest absolute Gasteiger partial charge is 0.220 e. The van der Waals surface area contributed by atoms with Gasteiger partial charge in [-0.05, 0) is 57.3 Å². The number of amides is 1. The van der Waals surface area contributed by atoms with Crippen LogP contribution in [0.3, 0.4) is 0 Å². The van der Waals surface area contributed by atoms with E-state index in [1.165, 1.54) is 6.42 Å². The van der Waals surface area contributed by atoms with Gasteiger partial charge in [0.1, 0.15) is 0 Å². The zero-order chi connectivity index (χ0) is 14.4. The second-order valence-corrected chi connectivity index (χ2v) is 6.71. The van der Waals surface area contributed by atoms with Crippen LogP contribution in [0.5, 0.6) is 0 Å². The first-order valence-corrected chi connectivity index (χ1v) is 8.18. The molecule has 2 aliphatic rings. The summed E-state index contributed by atoms with van der Waals surface area (Å²) in [6.45, 7) is 3.47. The summed E-state index contributed by atoms with van der Waals surface area (Å²) < 4.78 is 5.63. The molecule has 4 heteroatoms. The molecule has 2 N–H and O–H groups in total. The van der Waals surface area contributed by atoms with E-state index in [-0.39, 0.29) is 12.0 Å². The van der Waals surface area contributed by atoms with Gasteiger partial charge in [-0.2, -0.15) is 0 Å². The van der Waals surface area contributed by atoms with Gasteiger partial charge in [-0.3, -0.25) is 4.79 Å². The van der Waals surface area contributed by atoms with Gasteiger partial charge in [0, 0.05) is 19.6 Å². The SMILES string of the molecule is CC1CCC(O)(CNC(=O)CCC2CCCCO2)CC1. The van der Waals surface area contributed by atoms with Crippen molar-refractivity contribution in [2.75, 3.05) is 13.2 Å². The summed E-state index contributed by atoms with van der Waals surface area (Å²) in [5.41, 5.74) is -0.677. The van der Waals surface area contributed by atoms with Gasteiger partial charge in [0.05, 0.1) is 11.7 Å². The van der Waals surface area contributed by atoms with Gasteiger partial charge in [-0.15, -0.1) is 0 Å². The number of carbonyl (C=O) groups is 1. The first kappa shape index (κ1) is 15.8. The summed E-state index contributed by atoms with van der Waals surface area (Å²) in [7, 11) is 0. The van der Waals surface area contributed by atoms with Crippen LogP contribution in [0.15, 0.2) is 0 Å². The molecule has 1 atom stereocenters. The largest absolute Gasteiger partial charge is 0.388 e. The maximum atomic E-state index is 11.9. The van der Waals surface area contributed by atoms with Crippen molar-refractivity contribution in [3.63, 3.8) is 0 Å². The predicted octanol–water partition coefficient (Wildman–Crippen LogP) is 2.39. The third-order valence-electron chi connectivity index (χ3n) is 4.79. The van der Waals surface area contributed by atoms with Crippen molar-refractivity contribution in [1.82, 2.24) is 5.32 Å². The molecule has 1 heterocycles. The lowest BCUT2D eigenvalue weighted by molar-refractivity contribution is -0.123. The Morgan fingerprint density at radius 1 is 1.30 bits per heavy atom. The topological polar surface area (TPSA) is 58.6 Å². The number of ether oxygens (including phenoxy) is 1. The molecule has 1 saturated carbocycles. The Bertz CT molecular complexity index is 305. The molecule has 0 radical (unpaired) electrons. The number of rotatable bonds is 5. The van der Waals surface area contributed by atoms with Gasteiger partial charge in [-0.25, -0.2) is 0 Å². The molecule has 4 nitrogen and oxygen atoms in total. The van der Waals surface area contributed by atoms with E-state index in [2.05, 4.69) is 12.2 Å².